The molecule has 0 unspecified atom stereocenters. The quantitative estimate of drug-likeness (QED) is 0.206. The molecule has 0 aromatic heterocycles. The topological polar surface area (TPSA) is 42.5 Å². The lowest BCUT2D eigenvalue weighted by Gasteiger charge is -2.33. The zero-order chi connectivity index (χ0) is 25.9. The van der Waals surface area contributed by atoms with Gasteiger partial charge in [0.05, 0.1) is 11.2 Å². The molecule has 0 bridgehead atoms. The van der Waals surface area contributed by atoms with Crippen molar-refractivity contribution in [3.05, 3.63) is 18.1 Å². The van der Waals surface area contributed by atoms with E-state index in [4.69, 9.17) is 9.47 Å². The van der Waals surface area contributed by atoms with Crippen LogP contribution in [0.3, 0.4) is 0 Å². The Morgan fingerprint density at radius 3 is 1.79 bits per heavy atom. The van der Waals surface area contributed by atoms with E-state index in [-0.39, 0.29) is 16.7 Å². The first-order chi connectivity index (χ1) is 14.9. The molecule has 33 heavy (non-hydrogen) atoms. The summed E-state index contributed by atoms with van der Waals surface area (Å²) >= 11 is 0. The van der Waals surface area contributed by atoms with Crippen molar-refractivity contribution in [3.8, 4) is 0 Å². The fraction of sp³-hybridized carbons (Fsp3) is 0.897. The maximum atomic E-state index is 6.23. The highest BCUT2D eigenvalue weighted by Gasteiger charge is 2.25. The van der Waals surface area contributed by atoms with Crippen LogP contribution in [0, 0.1) is 17.3 Å². The maximum Gasteiger partial charge on any atom is 0.144 e. The van der Waals surface area contributed by atoms with Crippen LogP contribution in [-0.2, 0) is 9.47 Å². The van der Waals surface area contributed by atoms with Crippen molar-refractivity contribution in [3.63, 3.8) is 0 Å². The van der Waals surface area contributed by atoms with Crippen molar-refractivity contribution >= 4 is 0 Å². The normalized spacial score (nSPS) is 13.4. The minimum absolute atomic E-state index is 0.0777. The zero-order valence-electron chi connectivity index (χ0n) is 24.3. The minimum atomic E-state index is -0.169. The van der Waals surface area contributed by atoms with E-state index in [0.717, 1.165) is 51.3 Å². The molecule has 0 aliphatic carbocycles. The summed E-state index contributed by atoms with van der Waals surface area (Å²) in [5, 5.41) is 7.01. The molecule has 196 valence electrons. The Bertz CT molecular complexity index is 597. The standard InChI is InChI=1S/C29H58N2O2/c1-14-25(30-20-17-29(12,13)32-21-18-26(6,7)24(4)5)31-27(8,9)19-22-33-28(10,11)16-15-23(2)3/h23-24,30-31H,1,15-22H2,2-13H3. The van der Waals surface area contributed by atoms with E-state index in [1.165, 1.54) is 6.42 Å². The molecule has 0 radical (unpaired) electrons. The van der Waals surface area contributed by atoms with Gasteiger partial charge >= 0.3 is 0 Å². The van der Waals surface area contributed by atoms with E-state index in [0.29, 0.717) is 17.3 Å². The Kier molecular flexibility index (Phi) is 13.4. The molecule has 0 rings (SSSR count). The molecule has 0 atom stereocenters. The first-order valence-electron chi connectivity index (χ1n) is 13.1. The van der Waals surface area contributed by atoms with Gasteiger partial charge in [0.15, 0.2) is 0 Å². The van der Waals surface area contributed by atoms with Crippen LogP contribution < -0.4 is 10.6 Å². The molecule has 0 aliphatic heterocycles. The van der Waals surface area contributed by atoms with Crippen LogP contribution in [0.2, 0.25) is 0 Å². The van der Waals surface area contributed by atoms with E-state index < -0.39 is 0 Å². The molecule has 0 aromatic rings. The average Bonchev–Trinajstić information content (AvgIpc) is 2.64. The molecule has 0 aromatic carbocycles. The van der Waals surface area contributed by atoms with Crippen molar-refractivity contribution in [2.75, 3.05) is 19.8 Å². The van der Waals surface area contributed by atoms with Gasteiger partial charge in [-0.05, 0) is 90.9 Å². The second-order valence-electron chi connectivity index (χ2n) is 13.0. The van der Waals surface area contributed by atoms with E-state index >= 15 is 0 Å². The molecule has 0 amide bonds. The smallest absolute Gasteiger partial charge is 0.144 e. The summed E-state index contributed by atoms with van der Waals surface area (Å²) in [4.78, 5) is 0. The number of rotatable bonds is 18. The van der Waals surface area contributed by atoms with Crippen LogP contribution >= 0.6 is 0 Å². The van der Waals surface area contributed by atoms with Crippen molar-refractivity contribution < 1.29 is 9.47 Å². The molecule has 0 saturated carbocycles. The van der Waals surface area contributed by atoms with E-state index in [1.54, 1.807) is 0 Å². The molecule has 2 N–H and O–H groups in total. The highest BCUT2D eigenvalue weighted by Crippen LogP contribution is 2.30. The van der Waals surface area contributed by atoms with Gasteiger partial charge in [-0.2, -0.15) is 0 Å². The molecule has 0 aliphatic rings. The van der Waals surface area contributed by atoms with Crippen LogP contribution in [0.15, 0.2) is 18.1 Å². The lowest BCUT2D eigenvalue weighted by Crippen LogP contribution is -2.44. The Morgan fingerprint density at radius 2 is 1.30 bits per heavy atom. The SMILES string of the molecule is C=C=C(NCCC(C)(C)OCCC(C)(C)C(C)C)NC(C)(C)CCOC(C)(C)CCC(C)C. The van der Waals surface area contributed by atoms with Gasteiger partial charge in [0.1, 0.15) is 5.82 Å². The highest BCUT2D eigenvalue weighted by molar-refractivity contribution is 4.99. The van der Waals surface area contributed by atoms with E-state index in [2.05, 4.69) is 106 Å². The van der Waals surface area contributed by atoms with Gasteiger partial charge in [0, 0.05) is 25.3 Å². The molecule has 0 saturated heterocycles. The van der Waals surface area contributed by atoms with Crippen LogP contribution in [0.5, 0.6) is 0 Å². The maximum absolute atomic E-state index is 6.23. The van der Waals surface area contributed by atoms with Crippen LogP contribution in [-0.4, -0.2) is 36.5 Å². The van der Waals surface area contributed by atoms with Gasteiger partial charge in [0.25, 0.3) is 0 Å². The molecule has 0 fully saturated rings. The molecular weight excluding hydrogens is 408 g/mol. The second kappa shape index (κ2) is 13.8. The fourth-order valence-electron chi connectivity index (χ4n) is 3.28. The monoisotopic (exact) mass is 466 g/mol. The Hall–Kier alpha value is -0.960. The van der Waals surface area contributed by atoms with Crippen molar-refractivity contribution in [2.24, 2.45) is 17.3 Å². The Morgan fingerprint density at radius 1 is 0.788 bits per heavy atom. The van der Waals surface area contributed by atoms with Gasteiger partial charge in [0.2, 0.25) is 0 Å². The molecular formula is C29H58N2O2. The lowest BCUT2D eigenvalue weighted by atomic mass is 9.78. The molecule has 0 heterocycles. The predicted octanol–water partition coefficient (Wildman–Crippen LogP) is 7.45. The van der Waals surface area contributed by atoms with Gasteiger partial charge < -0.3 is 20.1 Å². The largest absolute Gasteiger partial charge is 0.375 e. The summed E-state index contributed by atoms with van der Waals surface area (Å²) < 4.78 is 12.4. The lowest BCUT2D eigenvalue weighted by molar-refractivity contribution is -0.0373. The van der Waals surface area contributed by atoms with Gasteiger partial charge in [-0.3, -0.25) is 0 Å². The molecule has 0 spiro atoms. The van der Waals surface area contributed by atoms with Crippen molar-refractivity contribution in [1.82, 2.24) is 10.6 Å². The summed E-state index contributed by atoms with van der Waals surface area (Å²) in [6.45, 7) is 33.0. The summed E-state index contributed by atoms with van der Waals surface area (Å²) in [5.41, 5.74) is 2.96. The summed E-state index contributed by atoms with van der Waals surface area (Å²) in [5.74, 6) is 2.20. The zero-order valence-corrected chi connectivity index (χ0v) is 24.3. The number of ether oxygens (including phenoxy) is 2. The average molecular weight is 467 g/mol. The summed E-state index contributed by atoms with van der Waals surface area (Å²) in [6, 6.07) is 0. The van der Waals surface area contributed by atoms with Crippen molar-refractivity contribution in [2.45, 2.75) is 132 Å². The first kappa shape index (κ1) is 32.0. The third-order valence-corrected chi connectivity index (χ3v) is 7.01. The minimum Gasteiger partial charge on any atom is -0.375 e. The number of nitrogens with one attached hydrogen (secondary N) is 2. The van der Waals surface area contributed by atoms with Gasteiger partial charge in [-0.15, -0.1) is 0 Å². The van der Waals surface area contributed by atoms with Crippen LogP contribution in [0.1, 0.15) is 115 Å². The first-order valence-corrected chi connectivity index (χ1v) is 13.1. The Labute approximate surface area is 207 Å². The number of hydrogen-bond acceptors (Lipinski definition) is 4. The van der Waals surface area contributed by atoms with Gasteiger partial charge in [-0.25, -0.2) is 0 Å². The predicted molar refractivity (Wildman–Crippen MR) is 144 cm³/mol. The third-order valence-electron chi connectivity index (χ3n) is 7.01. The number of hydrogen-bond donors (Lipinski definition) is 2. The van der Waals surface area contributed by atoms with Crippen LogP contribution in [0.25, 0.3) is 0 Å². The van der Waals surface area contributed by atoms with E-state index in [9.17, 15) is 0 Å². The molecule has 4 nitrogen and oxygen atoms in total. The van der Waals surface area contributed by atoms with E-state index in [1.807, 2.05) is 0 Å². The van der Waals surface area contributed by atoms with Gasteiger partial charge in [-0.1, -0.05) is 53.9 Å². The summed E-state index contributed by atoms with van der Waals surface area (Å²) in [7, 11) is 0. The van der Waals surface area contributed by atoms with Crippen LogP contribution in [0.4, 0.5) is 0 Å². The molecule has 4 heteroatoms. The Balaban J connectivity index is 4.43. The van der Waals surface area contributed by atoms with Crippen molar-refractivity contribution in [1.29, 1.82) is 0 Å². The second-order valence-corrected chi connectivity index (χ2v) is 13.0. The summed E-state index contributed by atoms with van der Waals surface area (Å²) in [6.07, 6.45) is 5.17. The highest BCUT2D eigenvalue weighted by atomic mass is 16.5. The third kappa shape index (κ3) is 15.5. The fourth-order valence-corrected chi connectivity index (χ4v) is 3.28.